The van der Waals surface area contributed by atoms with E-state index in [2.05, 4.69) is 56.2 Å². The maximum Gasteiger partial charge on any atom is 0.394 e. The van der Waals surface area contributed by atoms with Gasteiger partial charge >= 0.3 is 11.9 Å². The molecule has 0 aliphatic carbocycles. The molecule has 0 aliphatic heterocycles. The van der Waals surface area contributed by atoms with Gasteiger partial charge in [0.05, 0.1) is 0 Å². The monoisotopic (exact) mass is 722 g/mol. The topological polar surface area (TPSA) is 86.7 Å². The quantitative estimate of drug-likeness (QED) is 0.114. The lowest BCUT2D eigenvalue weighted by Crippen LogP contribution is -2.35. The zero-order valence-corrected chi connectivity index (χ0v) is 27.5. The van der Waals surface area contributed by atoms with Crippen molar-refractivity contribution < 1.29 is 23.9 Å². The van der Waals surface area contributed by atoms with Crippen molar-refractivity contribution in [1.29, 1.82) is 0 Å². The molecule has 0 heterocycles. The first kappa shape index (κ1) is 33.1. The summed E-state index contributed by atoms with van der Waals surface area (Å²) in [5.74, 6) is -3.24. The largest absolute Gasteiger partial charge is 0.474 e. The number of hydrogen-bond acceptors (Lipinski definition) is 3. The summed E-state index contributed by atoms with van der Waals surface area (Å²) in [6.07, 6.45) is 4.61. The fourth-order valence-electron chi connectivity index (χ4n) is 4.81. The standard InChI is InChI=1S/C35H33Br2FN2O4/c1-2-3-4-6-23-9-11-24(12-10-23)20-39-33(41)28-18-31(36)30(32(37)19-28)22-40(34(42)35(43)44)21-25-7-5-8-27(17-25)26-13-15-29(38)16-14-26/h5,7-19H,2-4,6,20-22H2,1H3,(H,39,41)(H,43,44). The van der Waals surface area contributed by atoms with Crippen LogP contribution in [0.3, 0.4) is 0 Å². The second-order valence-corrected chi connectivity index (χ2v) is 12.3. The molecule has 9 heteroatoms. The first-order valence-electron chi connectivity index (χ1n) is 14.4. The smallest absolute Gasteiger partial charge is 0.394 e. The molecule has 4 aromatic rings. The summed E-state index contributed by atoms with van der Waals surface area (Å²) < 4.78 is 14.5. The van der Waals surface area contributed by atoms with Crippen LogP contribution >= 0.6 is 31.9 Å². The molecule has 2 amide bonds. The predicted octanol–water partition coefficient (Wildman–Crippen LogP) is 8.29. The molecule has 0 aromatic heterocycles. The van der Waals surface area contributed by atoms with Gasteiger partial charge in [0.1, 0.15) is 5.82 Å². The fraction of sp³-hybridized carbons (Fsp3) is 0.229. The number of hydrogen-bond donors (Lipinski definition) is 2. The van der Waals surface area contributed by atoms with E-state index in [1.807, 2.05) is 24.3 Å². The average Bonchev–Trinajstić information content (AvgIpc) is 3.01. The van der Waals surface area contributed by atoms with Crippen LogP contribution in [0.2, 0.25) is 0 Å². The summed E-state index contributed by atoms with van der Waals surface area (Å²) in [5.41, 5.74) is 5.62. The van der Waals surface area contributed by atoms with Crippen LogP contribution in [0, 0.1) is 5.82 Å². The molecule has 0 unspecified atom stereocenters. The van der Waals surface area contributed by atoms with Crippen molar-refractivity contribution in [3.8, 4) is 11.1 Å². The lowest BCUT2D eigenvalue weighted by atomic mass is 10.0. The molecule has 4 rings (SSSR count). The first-order chi connectivity index (χ1) is 21.1. The van der Waals surface area contributed by atoms with Crippen LogP contribution in [0.1, 0.15) is 58.8 Å². The zero-order valence-electron chi connectivity index (χ0n) is 24.3. The Bertz CT molecular complexity index is 1600. The summed E-state index contributed by atoms with van der Waals surface area (Å²) in [5, 5.41) is 12.5. The number of rotatable bonds is 12. The van der Waals surface area contributed by atoms with Gasteiger partial charge in [-0.3, -0.25) is 9.59 Å². The third kappa shape index (κ3) is 9.09. The second-order valence-electron chi connectivity index (χ2n) is 10.5. The zero-order chi connectivity index (χ0) is 31.6. The Morgan fingerprint density at radius 1 is 0.795 bits per heavy atom. The highest BCUT2D eigenvalue weighted by atomic mass is 79.9. The van der Waals surface area contributed by atoms with Gasteiger partial charge < -0.3 is 15.3 Å². The Labute approximate surface area is 273 Å². The molecule has 0 saturated heterocycles. The molecule has 0 fully saturated rings. The normalized spacial score (nSPS) is 10.8. The molecule has 0 spiro atoms. The molecule has 2 N–H and O–H groups in total. The van der Waals surface area contributed by atoms with Crippen molar-refractivity contribution in [2.45, 2.75) is 52.2 Å². The first-order valence-corrected chi connectivity index (χ1v) is 15.9. The molecule has 4 aromatic carbocycles. The van der Waals surface area contributed by atoms with E-state index in [-0.39, 0.29) is 24.8 Å². The molecule has 0 radical (unpaired) electrons. The van der Waals surface area contributed by atoms with Gasteiger partial charge in [0.15, 0.2) is 0 Å². The fourth-order valence-corrected chi connectivity index (χ4v) is 6.25. The van der Waals surface area contributed by atoms with Crippen molar-refractivity contribution >= 4 is 49.6 Å². The van der Waals surface area contributed by atoms with Crippen LogP contribution in [-0.4, -0.2) is 27.8 Å². The maximum absolute atomic E-state index is 13.4. The molecule has 0 atom stereocenters. The number of nitrogens with zero attached hydrogens (tertiary/aromatic N) is 1. The van der Waals surface area contributed by atoms with E-state index < -0.39 is 11.9 Å². The van der Waals surface area contributed by atoms with Crippen LogP contribution < -0.4 is 5.32 Å². The minimum atomic E-state index is -1.57. The molecular formula is C35H33Br2FN2O4. The summed E-state index contributed by atoms with van der Waals surface area (Å²) in [6.45, 7) is 2.56. The lowest BCUT2D eigenvalue weighted by molar-refractivity contribution is -0.156. The third-order valence-electron chi connectivity index (χ3n) is 7.25. The van der Waals surface area contributed by atoms with Crippen molar-refractivity contribution in [1.82, 2.24) is 10.2 Å². The van der Waals surface area contributed by atoms with Crippen molar-refractivity contribution in [2.24, 2.45) is 0 Å². The Morgan fingerprint density at radius 2 is 1.45 bits per heavy atom. The molecule has 228 valence electrons. The van der Waals surface area contributed by atoms with Gasteiger partial charge in [0.2, 0.25) is 0 Å². The van der Waals surface area contributed by atoms with Gasteiger partial charge in [0, 0.05) is 34.1 Å². The van der Waals surface area contributed by atoms with Crippen LogP contribution in [0.25, 0.3) is 11.1 Å². The minimum absolute atomic E-state index is 0.0265. The number of nitrogens with one attached hydrogen (secondary N) is 1. The van der Waals surface area contributed by atoms with Gasteiger partial charge in [-0.05, 0) is 76.6 Å². The van der Waals surface area contributed by atoms with E-state index in [0.29, 0.717) is 32.2 Å². The summed E-state index contributed by atoms with van der Waals surface area (Å²) >= 11 is 7.04. The number of aliphatic carboxylic acids is 1. The van der Waals surface area contributed by atoms with E-state index in [4.69, 9.17) is 0 Å². The lowest BCUT2D eigenvalue weighted by Gasteiger charge is -2.23. The van der Waals surface area contributed by atoms with Gasteiger partial charge in [0.25, 0.3) is 5.91 Å². The van der Waals surface area contributed by atoms with Gasteiger partial charge in [-0.25, -0.2) is 9.18 Å². The number of halogens is 3. The molecule has 0 bridgehead atoms. The van der Waals surface area contributed by atoms with E-state index in [1.54, 1.807) is 36.4 Å². The van der Waals surface area contributed by atoms with E-state index in [1.165, 1.54) is 41.9 Å². The van der Waals surface area contributed by atoms with Crippen molar-refractivity contribution in [2.75, 3.05) is 0 Å². The summed E-state index contributed by atoms with van der Waals surface area (Å²) in [6, 6.07) is 24.9. The number of carbonyl (C=O) groups excluding carboxylic acids is 2. The Morgan fingerprint density at radius 3 is 2.09 bits per heavy atom. The predicted molar refractivity (Wildman–Crippen MR) is 176 cm³/mol. The number of unbranched alkanes of at least 4 members (excludes halogenated alkanes) is 2. The van der Waals surface area contributed by atoms with Gasteiger partial charge in [-0.15, -0.1) is 0 Å². The van der Waals surface area contributed by atoms with E-state index in [0.717, 1.165) is 23.1 Å². The SMILES string of the molecule is CCCCCc1ccc(CNC(=O)c2cc(Br)c(CN(Cc3cccc(-c4ccc(F)cc4)c3)C(=O)C(=O)O)c(Br)c2)cc1. The highest BCUT2D eigenvalue weighted by Crippen LogP contribution is 2.30. The molecule has 0 aliphatic rings. The summed E-state index contributed by atoms with van der Waals surface area (Å²) in [7, 11) is 0. The number of benzene rings is 4. The maximum atomic E-state index is 13.4. The van der Waals surface area contributed by atoms with Crippen LogP contribution in [0.5, 0.6) is 0 Å². The number of carboxylic acid groups (broad SMARTS) is 1. The Kier molecular flexibility index (Phi) is 11.9. The highest BCUT2D eigenvalue weighted by Gasteiger charge is 2.24. The molecule has 6 nitrogen and oxygen atoms in total. The molecule has 0 saturated carbocycles. The Balaban J connectivity index is 1.46. The number of amides is 2. The summed E-state index contributed by atoms with van der Waals surface area (Å²) in [4.78, 5) is 38.7. The van der Waals surface area contributed by atoms with Gasteiger partial charge in [-0.2, -0.15) is 0 Å². The molecule has 44 heavy (non-hydrogen) atoms. The van der Waals surface area contributed by atoms with Gasteiger partial charge in [-0.1, -0.05) is 106 Å². The van der Waals surface area contributed by atoms with Crippen molar-refractivity contribution in [3.63, 3.8) is 0 Å². The second kappa shape index (κ2) is 15.8. The van der Waals surface area contributed by atoms with Crippen LogP contribution in [-0.2, 0) is 35.6 Å². The third-order valence-corrected chi connectivity index (χ3v) is 8.66. The van der Waals surface area contributed by atoms with E-state index in [9.17, 15) is 23.9 Å². The highest BCUT2D eigenvalue weighted by molar-refractivity contribution is 9.11. The van der Waals surface area contributed by atoms with Crippen LogP contribution in [0.4, 0.5) is 4.39 Å². The minimum Gasteiger partial charge on any atom is -0.474 e. The Hall–Kier alpha value is -3.82. The van der Waals surface area contributed by atoms with E-state index >= 15 is 0 Å². The van der Waals surface area contributed by atoms with Crippen LogP contribution in [0.15, 0.2) is 93.9 Å². The number of carboxylic acids is 1. The average molecular weight is 724 g/mol. The molecular weight excluding hydrogens is 691 g/mol. The van der Waals surface area contributed by atoms with Crippen molar-refractivity contribution in [3.05, 3.63) is 128 Å². The number of aryl methyl sites for hydroxylation is 1. The number of carbonyl (C=O) groups is 3.